The highest BCUT2D eigenvalue weighted by molar-refractivity contribution is 7.53. The summed E-state index contributed by atoms with van der Waals surface area (Å²) >= 11 is 0. The largest absolute Gasteiger partial charge is 0.345 e. The van der Waals surface area contributed by atoms with E-state index >= 15 is 0 Å². The second-order valence-electron chi connectivity index (χ2n) is 6.88. The lowest BCUT2D eigenvalue weighted by Gasteiger charge is -2.31. The summed E-state index contributed by atoms with van der Waals surface area (Å²) in [7, 11) is -3.07. The molecule has 0 aliphatic heterocycles. The molecule has 5 heteroatoms. The van der Waals surface area contributed by atoms with Gasteiger partial charge in [0.15, 0.2) is 0 Å². The standard InChI is InChI=1S/C15H34NO3P/c1-12(2)9-16(10-13(3)4)11-20(17,18-14(5)6)19-15(7)8/h12-15H,9-11H2,1-8H3. The lowest BCUT2D eigenvalue weighted by atomic mass is 10.1. The zero-order valence-electron chi connectivity index (χ0n) is 14.5. The molecule has 0 aromatic carbocycles. The summed E-state index contributed by atoms with van der Waals surface area (Å²) in [6.45, 7) is 18.1. The Balaban J connectivity index is 4.90. The predicted molar refractivity (Wildman–Crippen MR) is 86.2 cm³/mol. The van der Waals surface area contributed by atoms with Crippen molar-refractivity contribution in [2.45, 2.75) is 67.6 Å². The van der Waals surface area contributed by atoms with Crippen LogP contribution < -0.4 is 0 Å². The van der Waals surface area contributed by atoms with E-state index in [0.29, 0.717) is 18.1 Å². The van der Waals surface area contributed by atoms with Crippen LogP contribution >= 0.6 is 7.60 Å². The summed E-state index contributed by atoms with van der Waals surface area (Å²) in [5.41, 5.74) is 0. The first kappa shape index (κ1) is 20.1. The van der Waals surface area contributed by atoms with Gasteiger partial charge < -0.3 is 9.05 Å². The van der Waals surface area contributed by atoms with Crippen LogP contribution in [0.1, 0.15) is 55.4 Å². The van der Waals surface area contributed by atoms with E-state index in [1.165, 1.54) is 0 Å². The van der Waals surface area contributed by atoms with Crippen LogP contribution in [0.3, 0.4) is 0 Å². The number of rotatable bonds is 10. The summed E-state index contributed by atoms with van der Waals surface area (Å²) in [6.07, 6.45) is 0.179. The highest BCUT2D eigenvalue weighted by atomic mass is 31.2. The first-order chi connectivity index (χ1) is 9.04. The zero-order chi connectivity index (χ0) is 15.9. The number of hydrogen-bond acceptors (Lipinski definition) is 4. The van der Waals surface area contributed by atoms with Crippen LogP contribution in [-0.2, 0) is 13.6 Å². The number of hydrogen-bond donors (Lipinski definition) is 0. The molecule has 0 aromatic rings. The smallest absolute Gasteiger partial charge is 0.305 e. The van der Waals surface area contributed by atoms with E-state index in [9.17, 15) is 4.57 Å². The van der Waals surface area contributed by atoms with Crippen molar-refractivity contribution < 1.29 is 13.6 Å². The summed E-state index contributed by atoms with van der Waals surface area (Å²) in [6, 6.07) is 0. The molecule has 0 bridgehead atoms. The molecule has 0 aliphatic rings. The average Bonchev–Trinajstić information content (AvgIpc) is 2.09. The molecule has 0 saturated carbocycles. The van der Waals surface area contributed by atoms with Crippen LogP contribution in [-0.4, -0.2) is 36.5 Å². The fourth-order valence-electron chi connectivity index (χ4n) is 2.20. The van der Waals surface area contributed by atoms with Crippen molar-refractivity contribution in [3.05, 3.63) is 0 Å². The number of nitrogens with zero attached hydrogens (tertiary/aromatic N) is 1. The Kier molecular flexibility index (Phi) is 9.24. The van der Waals surface area contributed by atoms with Gasteiger partial charge in [-0.15, -0.1) is 0 Å². The van der Waals surface area contributed by atoms with Crippen molar-refractivity contribution in [3.8, 4) is 0 Å². The Hall–Kier alpha value is 0.110. The molecule has 20 heavy (non-hydrogen) atoms. The molecule has 122 valence electrons. The van der Waals surface area contributed by atoms with Crippen molar-refractivity contribution >= 4 is 7.60 Å². The highest BCUT2D eigenvalue weighted by Crippen LogP contribution is 2.51. The Morgan fingerprint density at radius 2 is 1.15 bits per heavy atom. The lowest BCUT2D eigenvalue weighted by Crippen LogP contribution is -2.33. The van der Waals surface area contributed by atoms with E-state index in [-0.39, 0.29) is 12.2 Å². The summed E-state index contributed by atoms with van der Waals surface area (Å²) in [4.78, 5) is 2.21. The van der Waals surface area contributed by atoms with E-state index in [2.05, 4.69) is 32.6 Å². The Labute approximate surface area is 125 Å². The Morgan fingerprint density at radius 1 is 0.800 bits per heavy atom. The van der Waals surface area contributed by atoms with E-state index in [0.717, 1.165) is 13.1 Å². The molecule has 0 aliphatic carbocycles. The SMILES string of the molecule is CC(C)CN(CC(C)C)CP(=O)(OC(C)C)OC(C)C. The van der Waals surface area contributed by atoms with Gasteiger partial charge in [0.1, 0.15) is 6.29 Å². The van der Waals surface area contributed by atoms with Gasteiger partial charge in [-0.2, -0.15) is 0 Å². The normalized spacial score (nSPS) is 13.4. The topological polar surface area (TPSA) is 38.8 Å². The maximum atomic E-state index is 12.9. The quantitative estimate of drug-likeness (QED) is 0.553. The minimum absolute atomic E-state index is 0.0977. The van der Waals surface area contributed by atoms with Crippen molar-refractivity contribution in [2.75, 3.05) is 19.4 Å². The molecule has 4 nitrogen and oxygen atoms in total. The molecule has 0 radical (unpaired) electrons. The molecule has 0 spiro atoms. The molecular formula is C15H34NO3P. The van der Waals surface area contributed by atoms with Crippen LogP contribution in [0.2, 0.25) is 0 Å². The third-order valence-corrected chi connectivity index (χ3v) is 4.59. The lowest BCUT2D eigenvalue weighted by molar-refractivity contribution is 0.126. The summed E-state index contributed by atoms with van der Waals surface area (Å²) in [5.74, 6) is 1.06. The van der Waals surface area contributed by atoms with Gasteiger partial charge in [-0.05, 0) is 39.5 Å². The van der Waals surface area contributed by atoms with Crippen LogP contribution in [0.25, 0.3) is 0 Å². The van der Waals surface area contributed by atoms with Gasteiger partial charge in [0.2, 0.25) is 0 Å². The van der Waals surface area contributed by atoms with Crippen molar-refractivity contribution in [2.24, 2.45) is 11.8 Å². The van der Waals surface area contributed by atoms with Gasteiger partial charge >= 0.3 is 7.60 Å². The van der Waals surface area contributed by atoms with Gasteiger partial charge in [0.25, 0.3) is 0 Å². The Morgan fingerprint density at radius 3 is 1.40 bits per heavy atom. The van der Waals surface area contributed by atoms with Gasteiger partial charge in [0.05, 0.1) is 12.2 Å². The van der Waals surface area contributed by atoms with Crippen LogP contribution in [0.15, 0.2) is 0 Å². The Bertz CT molecular complexity index is 279. The maximum absolute atomic E-state index is 12.9. The minimum atomic E-state index is -3.07. The molecule has 0 aromatic heterocycles. The molecule has 0 atom stereocenters. The molecular weight excluding hydrogens is 273 g/mol. The molecule has 0 fully saturated rings. The fraction of sp³-hybridized carbons (Fsp3) is 1.00. The van der Waals surface area contributed by atoms with E-state index in [1.54, 1.807) is 0 Å². The van der Waals surface area contributed by atoms with Crippen LogP contribution in [0.4, 0.5) is 0 Å². The second kappa shape index (κ2) is 9.19. The monoisotopic (exact) mass is 307 g/mol. The van der Waals surface area contributed by atoms with Gasteiger partial charge in [-0.25, -0.2) is 0 Å². The third kappa shape index (κ3) is 9.93. The second-order valence-corrected chi connectivity index (χ2v) is 8.81. The van der Waals surface area contributed by atoms with E-state index in [4.69, 9.17) is 9.05 Å². The molecule has 0 unspecified atom stereocenters. The van der Waals surface area contributed by atoms with E-state index in [1.807, 2.05) is 27.7 Å². The van der Waals surface area contributed by atoms with Crippen LogP contribution in [0, 0.1) is 11.8 Å². The fourth-order valence-corrected chi connectivity index (χ4v) is 4.39. The van der Waals surface area contributed by atoms with Crippen molar-refractivity contribution in [3.63, 3.8) is 0 Å². The average molecular weight is 307 g/mol. The first-order valence-corrected chi connectivity index (χ1v) is 9.45. The minimum Gasteiger partial charge on any atom is -0.305 e. The molecule has 0 saturated heterocycles. The molecule has 0 N–H and O–H groups in total. The zero-order valence-corrected chi connectivity index (χ0v) is 15.4. The van der Waals surface area contributed by atoms with Gasteiger partial charge in [-0.3, -0.25) is 9.46 Å². The maximum Gasteiger partial charge on any atom is 0.345 e. The van der Waals surface area contributed by atoms with Gasteiger partial charge in [0, 0.05) is 13.1 Å². The van der Waals surface area contributed by atoms with Crippen molar-refractivity contribution in [1.29, 1.82) is 0 Å². The molecule has 0 rings (SSSR count). The first-order valence-electron chi connectivity index (χ1n) is 7.72. The highest BCUT2D eigenvalue weighted by Gasteiger charge is 2.31. The predicted octanol–water partition coefficient (Wildman–Crippen LogP) is 4.60. The summed E-state index contributed by atoms with van der Waals surface area (Å²) < 4.78 is 24.2. The third-order valence-electron chi connectivity index (χ3n) is 2.36. The molecule has 0 heterocycles. The van der Waals surface area contributed by atoms with Gasteiger partial charge in [-0.1, -0.05) is 27.7 Å². The van der Waals surface area contributed by atoms with Crippen molar-refractivity contribution in [1.82, 2.24) is 4.90 Å². The van der Waals surface area contributed by atoms with Crippen LogP contribution in [0.5, 0.6) is 0 Å². The molecule has 0 amide bonds. The van der Waals surface area contributed by atoms with E-state index < -0.39 is 7.60 Å². The summed E-state index contributed by atoms with van der Waals surface area (Å²) in [5, 5.41) is 0.